The maximum absolute atomic E-state index is 12.6. The molecule has 0 bridgehead atoms. The van der Waals surface area contributed by atoms with Crippen LogP contribution in [-0.4, -0.2) is 56.4 Å². The van der Waals surface area contributed by atoms with Gasteiger partial charge in [-0.3, -0.25) is 19.1 Å². The zero-order valence-electron chi connectivity index (χ0n) is 22.6. The second-order valence-electron chi connectivity index (χ2n) is 11.2. The van der Waals surface area contributed by atoms with Gasteiger partial charge in [0.15, 0.2) is 0 Å². The zero-order chi connectivity index (χ0) is 26.7. The molecule has 0 saturated carbocycles. The van der Waals surface area contributed by atoms with E-state index < -0.39 is 0 Å². The molecule has 196 valence electrons. The van der Waals surface area contributed by atoms with Gasteiger partial charge in [0.2, 0.25) is 11.9 Å². The maximum Gasteiger partial charge on any atom is 0.252 e. The molecule has 8 nitrogen and oxygen atoms in total. The topological polar surface area (TPSA) is 83.4 Å². The molecule has 3 heterocycles. The average molecular weight is 503 g/mol. The smallest absolute Gasteiger partial charge is 0.252 e. The second kappa shape index (κ2) is 10.8. The van der Waals surface area contributed by atoms with Crippen molar-refractivity contribution in [2.45, 2.75) is 53.8 Å². The Morgan fingerprint density at radius 1 is 1.08 bits per heavy atom. The highest BCUT2D eigenvalue weighted by atomic mass is 16.2. The van der Waals surface area contributed by atoms with Crippen molar-refractivity contribution in [3.05, 3.63) is 76.2 Å². The number of nitrogens with zero attached hydrogens (tertiary/aromatic N) is 5. The quantitative estimate of drug-likeness (QED) is 0.487. The lowest BCUT2D eigenvalue weighted by atomic mass is 9.97. The number of hydrogen-bond acceptors (Lipinski definition) is 6. The Hall–Kier alpha value is -3.52. The van der Waals surface area contributed by atoms with Crippen molar-refractivity contribution in [3.63, 3.8) is 0 Å². The Morgan fingerprint density at radius 2 is 1.76 bits per heavy atom. The number of carbonyl (C=O) groups excluding carboxylic acids is 1. The molecule has 1 aromatic carbocycles. The van der Waals surface area contributed by atoms with Gasteiger partial charge in [0.25, 0.3) is 5.56 Å². The van der Waals surface area contributed by atoms with Crippen molar-refractivity contribution in [1.82, 2.24) is 24.3 Å². The Kier molecular flexibility index (Phi) is 7.78. The van der Waals surface area contributed by atoms with Crippen molar-refractivity contribution in [1.29, 1.82) is 0 Å². The molecule has 1 aliphatic heterocycles. The van der Waals surface area contributed by atoms with Gasteiger partial charge >= 0.3 is 0 Å². The van der Waals surface area contributed by atoms with E-state index in [9.17, 15) is 9.59 Å². The average Bonchev–Trinajstić information content (AvgIpc) is 2.85. The van der Waals surface area contributed by atoms with E-state index in [1.54, 1.807) is 29.8 Å². The standard InChI is InChI=1S/C29H38N6O2/c1-20(2)27(37)34-15-13-33(14-16-34)18-22-7-9-23(10-8-22)21(3)31-28-30-17-24-11-12-25(36)35(26(24)32-28)19-29(4,5)6/h7-12,17,21H,1,13-16,18-19H2,2-6H3,(H,30,31,32). The van der Waals surface area contributed by atoms with Crippen molar-refractivity contribution >= 4 is 22.9 Å². The highest BCUT2D eigenvalue weighted by molar-refractivity contribution is 5.92. The summed E-state index contributed by atoms with van der Waals surface area (Å²) in [7, 11) is 0. The van der Waals surface area contributed by atoms with Crippen LogP contribution in [0.3, 0.4) is 0 Å². The molecule has 1 atom stereocenters. The first-order valence-electron chi connectivity index (χ1n) is 12.9. The minimum atomic E-state index is -0.0560. The number of rotatable bonds is 7. The summed E-state index contributed by atoms with van der Waals surface area (Å²) in [6.07, 6.45) is 1.77. The van der Waals surface area contributed by atoms with Gasteiger partial charge in [-0.2, -0.15) is 4.98 Å². The Balaban J connectivity index is 1.40. The van der Waals surface area contributed by atoms with Crippen LogP contribution in [0.15, 0.2) is 59.5 Å². The lowest BCUT2D eigenvalue weighted by molar-refractivity contribution is -0.128. The molecule has 1 aliphatic rings. The number of anilines is 1. The molecule has 1 N–H and O–H groups in total. The summed E-state index contributed by atoms with van der Waals surface area (Å²) in [6.45, 7) is 18.6. The van der Waals surface area contributed by atoms with E-state index >= 15 is 0 Å². The third-order valence-electron chi connectivity index (χ3n) is 6.61. The molecule has 37 heavy (non-hydrogen) atoms. The van der Waals surface area contributed by atoms with Gasteiger partial charge in [0, 0.05) is 62.5 Å². The first-order chi connectivity index (χ1) is 17.5. The number of piperazine rings is 1. The fourth-order valence-electron chi connectivity index (χ4n) is 4.59. The number of pyridine rings is 1. The van der Waals surface area contributed by atoms with Crippen molar-refractivity contribution in [2.24, 2.45) is 5.41 Å². The molecule has 0 aliphatic carbocycles. The van der Waals surface area contributed by atoms with Gasteiger partial charge in [-0.15, -0.1) is 0 Å². The highest BCUT2D eigenvalue weighted by Crippen LogP contribution is 2.22. The summed E-state index contributed by atoms with van der Waals surface area (Å²) in [6, 6.07) is 11.9. The summed E-state index contributed by atoms with van der Waals surface area (Å²) < 4.78 is 1.73. The van der Waals surface area contributed by atoms with Crippen LogP contribution in [0.25, 0.3) is 11.0 Å². The Labute approximate surface area is 219 Å². The molecule has 8 heteroatoms. The van der Waals surface area contributed by atoms with Gasteiger partial charge < -0.3 is 10.2 Å². The van der Waals surface area contributed by atoms with E-state index in [4.69, 9.17) is 4.98 Å². The third-order valence-corrected chi connectivity index (χ3v) is 6.61. The van der Waals surface area contributed by atoms with Crippen LogP contribution in [0.4, 0.5) is 5.95 Å². The number of amides is 1. The maximum atomic E-state index is 12.6. The van der Waals surface area contributed by atoms with Gasteiger partial charge in [0.1, 0.15) is 5.65 Å². The number of nitrogens with one attached hydrogen (secondary N) is 1. The van der Waals surface area contributed by atoms with Crippen LogP contribution in [0.2, 0.25) is 0 Å². The van der Waals surface area contributed by atoms with Crippen molar-refractivity contribution < 1.29 is 4.79 Å². The number of fused-ring (bicyclic) bond motifs is 1. The summed E-state index contributed by atoms with van der Waals surface area (Å²) in [5.74, 6) is 0.554. The number of carbonyl (C=O) groups is 1. The normalized spacial score (nSPS) is 15.5. The number of aromatic nitrogens is 3. The zero-order valence-corrected chi connectivity index (χ0v) is 22.6. The largest absolute Gasteiger partial charge is 0.348 e. The van der Waals surface area contributed by atoms with Gasteiger partial charge in [-0.25, -0.2) is 4.98 Å². The molecular weight excluding hydrogens is 464 g/mol. The first-order valence-corrected chi connectivity index (χ1v) is 12.9. The molecule has 0 spiro atoms. The number of benzene rings is 1. The predicted octanol–water partition coefficient (Wildman–Crippen LogP) is 4.23. The van der Waals surface area contributed by atoms with Crippen LogP contribution in [0.1, 0.15) is 51.8 Å². The highest BCUT2D eigenvalue weighted by Gasteiger charge is 2.21. The first kappa shape index (κ1) is 26.5. The van der Waals surface area contributed by atoms with Gasteiger partial charge in [-0.1, -0.05) is 51.6 Å². The minimum absolute atomic E-state index is 0.00491. The summed E-state index contributed by atoms with van der Waals surface area (Å²) in [5.41, 5.74) is 3.50. The summed E-state index contributed by atoms with van der Waals surface area (Å²) >= 11 is 0. The van der Waals surface area contributed by atoms with Crippen LogP contribution in [0.5, 0.6) is 0 Å². The lowest BCUT2D eigenvalue weighted by Crippen LogP contribution is -2.48. The molecular formula is C29H38N6O2. The van der Waals surface area contributed by atoms with E-state index in [2.05, 4.69) is 73.7 Å². The molecule has 1 saturated heterocycles. The fourth-order valence-corrected chi connectivity index (χ4v) is 4.59. The van der Waals surface area contributed by atoms with Crippen LogP contribution in [-0.2, 0) is 17.9 Å². The van der Waals surface area contributed by atoms with Gasteiger partial charge in [-0.05, 0) is 36.5 Å². The summed E-state index contributed by atoms with van der Waals surface area (Å²) in [4.78, 5) is 38.1. The number of hydrogen-bond donors (Lipinski definition) is 1. The van der Waals surface area contributed by atoms with Crippen LogP contribution < -0.4 is 10.9 Å². The predicted molar refractivity (Wildman–Crippen MR) is 148 cm³/mol. The molecule has 4 rings (SSSR count). The minimum Gasteiger partial charge on any atom is -0.348 e. The molecule has 1 unspecified atom stereocenters. The molecule has 2 aromatic heterocycles. The van der Waals surface area contributed by atoms with E-state index in [1.807, 2.05) is 4.90 Å². The van der Waals surface area contributed by atoms with Gasteiger partial charge in [0.05, 0.1) is 6.04 Å². The van der Waals surface area contributed by atoms with E-state index in [-0.39, 0.29) is 22.9 Å². The lowest BCUT2D eigenvalue weighted by Gasteiger charge is -2.34. The van der Waals surface area contributed by atoms with E-state index in [0.29, 0.717) is 23.7 Å². The van der Waals surface area contributed by atoms with Crippen molar-refractivity contribution in [3.8, 4) is 0 Å². The SMILES string of the molecule is C=C(C)C(=O)N1CCN(Cc2ccc(C(C)Nc3ncc4ccc(=O)n(CC(C)(C)C)c4n3)cc2)CC1. The van der Waals surface area contributed by atoms with E-state index in [0.717, 1.165) is 43.7 Å². The molecule has 1 amide bonds. The van der Waals surface area contributed by atoms with E-state index in [1.165, 1.54) is 5.56 Å². The third kappa shape index (κ3) is 6.63. The fraction of sp³-hybridized carbons (Fsp3) is 0.448. The Bertz CT molecular complexity index is 1330. The Morgan fingerprint density at radius 3 is 2.38 bits per heavy atom. The monoisotopic (exact) mass is 502 g/mol. The summed E-state index contributed by atoms with van der Waals surface area (Å²) in [5, 5.41) is 4.24. The second-order valence-corrected chi connectivity index (χ2v) is 11.2. The molecule has 3 aromatic rings. The molecule has 0 radical (unpaired) electrons. The van der Waals surface area contributed by atoms with Crippen LogP contribution in [0, 0.1) is 5.41 Å². The van der Waals surface area contributed by atoms with Crippen molar-refractivity contribution in [2.75, 3.05) is 31.5 Å². The van der Waals surface area contributed by atoms with Crippen LogP contribution >= 0.6 is 0 Å². The molecule has 1 fully saturated rings.